The molecule has 0 unspecified atom stereocenters. The van der Waals surface area contributed by atoms with Crippen LogP contribution in [0.25, 0.3) is 10.8 Å². The van der Waals surface area contributed by atoms with Crippen LogP contribution in [0.3, 0.4) is 0 Å². The van der Waals surface area contributed by atoms with Crippen molar-refractivity contribution < 1.29 is 14.8 Å². The Balaban J connectivity index is 1.45. The van der Waals surface area contributed by atoms with Gasteiger partial charge in [-0.15, -0.1) is 10.3 Å². The fourth-order valence-electron chi connectivity index (χ4n) is 6.96. The van der Waals surface area contributed by atoms with Gasteiger partial charge in [0.15, 0.2) is 0 Å². The van der Waals surface area contributed by atoms with Crippen molar-refractivity contribution in [1.29, 1.82) is 0 Å². The summed E-state index contributed by atoms with van der Waals surface area (Å²) in [5.74, 6) is 5.94. The lowest BCUT2D eigenvalue weighted by Crippen LogP contribution is -2.42. The largest absolute Gasteiger partial charge is 0.268 e. The number of amides is 2. The second-order valence-corrected chi connectivity index (χ2v) is 15.5. The van der Waals surface area contributed by atoms with Crippen molar-refractivity contribution in [3.05, 3.63) is 111 Å². The van der Waals surface area contributed by atoms with Crippen LogP contribution < -0.4 is 4.90 Å². The van der Waals surface area contributed by atoms with Crippen LogP contribution in [0, 0.1) is 11.8 Å². The maximum absolute atomic E-state index is 14.2. The zero-order valence-corrected chi connectivity index (χ0v) is 28.0. The van der Waals surface area contributed by atoms with Crippen LogP contribution in [0.4, 0.5) is 5.69 Å². The molecule has 229 valence electrons. The van der Waals surface area contributed by atoms with E-state index in [0.717, 1.165) is 43.8 Å². The predicted octanol–water partition coefficient (Wildman–Crippen LogP) is 8.77. The number of carbonyl (C=O) groups excluding carboxylic acids is 2. The number of hydrogen-bond acceptors (Lipinski definition) is 3. The molecule has 0 saturated carbocycles. The van der Waals surface area contributed by atoms with Gasteiger partial charge in [0.2, 0.25) is 0 Å². The van der Waals surface area contributed by atoms with Crippen LogP contribution in [0.15, 0.2) is 66.7 Å². The van der Waals surface area contributed by atoms with E-state index in [1.165, 1.54) is 4.90 Å². The Morgan fingerprint density at radius 1 is 0.667 bits per heavy atom. The maximum Gasteiger partial charge on any atom is 0.265 e. The minimum Gasteiger partial charge on any atom is -0.268 e. The highest BCUT2D eigenvalue weighted by Gasteiger charge is 2.50. The molecule has 2 heterocycles. The van der Waals surface area contributed by atoms with Gasteiger partial charge in [-0.25, -0.2) is 4.90 Å². The van der Waals surface area contributed by atoms with Gasteiger partial charge in [-0.1, -0.05) is 83.7 Å². The molecule has 1 radical (unpaired) electrons. The quantitative estimate of drug-likeness (QED) is 0.163. The minimum absolute atomic E-state index is 0.155. The second kappa shape index (κ2) is 9.88. The van der Waals surface area contributed by atoms with E-state index >= 15 is 0 Å². The van der Waals surface area contributed by atoms with Gasteiger partial charge in [0.1, 0.15) is 0 Å². The second-order valence-electron chi connectivity index (χ2n) is 15.5. The molecule has 45 heavy (non-hydrogen) atoms. The van der Waals surface area contributed by atoms with Crippen molar-refractivity contribution in [2.75, 3.05) is 4.90 Å². The normalized spacial score (nSPS) is 17.4. The first-order valence-corrected chi connectivity index (χ1v) is 15.6. The monoisotopic (exact) mass is 597 g/mol. The molecule has 0 bridgehead atoms. The first kappa shape index (κ1) is 30.8. The van der Waals surface area contributed by atoms with E-state index in [-0.39, 0.29) is 22.6 Å². The summed E-state index contributed by atoms with van der Waals surface area (Å²) in [5, 5.41) is 15.6. The molecule has 0 saturated heterocycles. The summed E-state index contributed by atoms with van der Waals surface area (Å²) in [6, 6.07) is 21.4. The Hall–Kier alpha value is -4.24. The predicted molar refractivity (Wildman–Crippen MR) is 180 cm³/mol. The molecule has 0 aromatic heterocycles. The summed E-state index contributed by atoms with van der Waals surface area (Å²) in [7, 11) is 0. The molecule has 0 atom stereocenters. The first-order chi connectivity index (χ1) is 20.8. The Labute approximate surface area is 266 Å². The lowest BCUT2D eigenvalue weighted by Gasteiger charge is -2.33. The van der Waals surface area contributed by atoms with Gasteiger partial charge in [0, 0.05) is 27.6 Å². The molecule has 4 aromatic rings. The summed E-state index contributed by atoms with van der Waals surface area (Å²) in [6.07, 6.45) is 0. The Kier molecular flexibility index (Phi) is 6.76. The highest BCUT2D eigenvalue weighted by Crippen LogP contribution is 2.48. The SMILES string of the molecule is CC(C)(C)c1ccc(C(C)(C)C)c(N2C(=O)c3cccc4c(C#Cc5ccc6c(c5)C(C)(C)N([O])C6(C)C)ccc(c34)C2=O)c1. The van der Waals surface area contributed by atoms with Crippen LogP contribution in [-0.2, 0) is 27.1 Å². The molecule has 0 spiro atoms. The molecule has 0 aliphatic carbocycles. The number of carbonyl (C=O) groups is 2. The van der Waals surface area contributed by atoms with Crippen LogP contribution in [0.1, 0.15) is 123 Å². The van der Waals surface area contributed by atoms with Gasteiger partial charge in [0.25, 0.3) is 11.8 Å². The lowest BCUT2D eigenvalue weighted by molar-refractivity contribution is -0.266. The Bertz CT molecular complexity index is 1970. The smallest absolute Gasteiger partial charge is 0.265 e. The van der Waals surface area contributed by atoms with E-state index in [4.69, 9.17) is 0 Å². The Morgan fingerprint density at radius 3 is 1.96 bits per heavy atom. The van der Waals surface area contributed by atoms with Gasteiger partial charge in [-0.2, -0.15) is 0 Å². The number of imide groups is 1. The van der Waals surface area contributed by atoms with E-state index in [1.807, 2.05) is 70.2 Å². The summed E-state index contributed by atoms with van der Waals surface area (Å²) >= 11 is 0. The maximum atomic E-state index is 14.2. The molecular formula is C40H41N2O3. The van der Waals surface area contributed by atoms with Gasteiger partial charge >= 0.3 is 0 Å². The summed E-state index contributed by atoms with van der Waals surface area (Å²) in [5.41, 5.74) is 5.43. The molecule has 4 aromatic carbocycles. The molecule has 0 fully saturated rings. The third kappa shape index (κ3) is 4.71. The third-order valence-corrected chi connectivity index (χ3v) is 9.52. The van der Waals surface area contributed by atoms with Crippen molar-refractivity contribution in [2.24, 2.45) is 0 Å². The van der Waals surface area contributed by atoms with Gasteiger partial charge in [0.05, 0.1) is 16.8 Å². The van der Waals surface area contributed by atoms with Crippen LogP contribution in [0.5, 0.6) is 0 Å². The molecular weight excluding hydrogens is 556 g/mol. The third-order valence-electron chi connectivity index (χ3n) is 9.52. The summed E-state index contributed by atoms with van der Waals surface area (Å²) in [6.45, 7) is 20.5. The number of fused-ring (bicyclic) bond motifs is 1. The fourth-order valence-corrected chi connectivity index (χ4v) is 6.96. The minimum atomic E-state index is -0.664. The summed E-state index contributed by atoms with van der Waals surface area (Å²) in [4.78, 5) is 29.8. The van der Waals surface area contributed by atoms with Crippen molar-refractivity contribution in [3.63, 3.8) is 0 Å². The summed E-state index contributed by atoms with van der Waals surface area (Å²) < 4.78 is 0. The topological polar surface area (TPSA) is 60.5 Å². The zero-order chi connectivity index (χ0) is 32.9. The van der Waals surface area contributed by atoms with E-state index in [1.54, 1.807) is 12.1 Å². The average Bonchev–Trinajstić information content (AvgIpc) is 3.10. The number of nitrogens with zero attached hydrogens (tertiary/aromatic N) is 2. The highest BCUT2D eigenvalue weighted by atomic mass is 16.5. The molecule has 5 heteroatoms. The van der Waals surface area contributed by atoms with E-state index in [0.29, 0.717) is 22.2 Å². The van der Waals surface area contributed by atoms with Crippen molar-refractivity contribution in [1.82, 2.24) is 5.06 Å². The van der Waals surface area contributed by atoms with Gasteiger partial charge in [-0.3, -0.25) is 9.59 Å². The van der Waals surface area contributed by atoms with E-state index in [9.17, 15) is 14.8 Å². The zero-order valence-electron chi connectivity index (χ0n) is 28.0. The van der Waals surface area contributed by atoms with E-state index < -0.39 is 11.1 Å². The molecule has 2 aliphatic heterocycles. The fraction of sp³-hybridized carbons (Fsp3) is 0.350. The first-order valence-electron chi connectivity index (χ1n) is 15.6. The van der Waals surface area contributed by atoms with Crippen molar-refractivity contribution in [3.8, 4) is 11.8 Å². The molecule has 5 nitrogen and oxygen atoms in total. The molecule has 2 amide bonds. The van der Waals surface area contributed by atoms with Gasteiger partial charge in [-0.05, 0) is 103 Å². The highest BCUT2D eigenvalue weighted by molar-refractivity contribution is 6.36. The number of rotatable bonds is 1. The van der Waals surface area contributed by atoms with Crippen LogP contribution in [-0.4, -0.2) is 16.9 Å². The number of hydroxylamine groups is 2. The Morgan fingerprint density at radius 2 is 1.31 bits per heavy atom. The lowest BCUT2D eigenvalue weighted by atomic mass is 9.80. The van der Waals surface area contributed by atoms with Crippen molar-refractivity contribution >= 4 is 28.3 Å². The van der Waals surface area contributed by atoms with Crippen molar-refractivity contribution in [2.45, 2.75) is 91.1 Å². The number of anilines is 1. The van der Waals surface area contributed by atoms with Crippen LogP contribution in [0.2, 0.25) is 0 Å². The average molecular weight is 598 g/mol. The molecule has 6 rings (SSSR count). The van der Waals surface area contributed by atoms with Crippen LogP contribution >= 0.6 is 0 Å². The molecule has 0 N–H and O–H groups in total. The molecule has 2 aliphatic rings. The van der Waals surface area contributed by atoms with Gasteiger partial charge < -0.3 is 0 Å². The van der Waals surface area contributed by atoms with E-state index in [2.05, 4.69) is 65.5 Å². The number of benzene rings is 4. The number of hydrogen-bond donors (Lipinski definition) is 0. The standard InChI is InChI=1S/C40H41N2O3/c1-37(2,3)26-18-21-31(38(4,5)6)33(23-26)41-35(43)28-13-11-12-27-25(17-19-29(34(27)28)36(41)44)16-14-24-15-20-30-32(22-24)40(9,10)42(45)39(30,7)8/h11-13,15,17-23H,1-10H3.